The lowest BCUT2D eigenvalue weighted by molar-refractivity contribution is -0.141. The van der Waals surface area contributed by atoms with Gasteiger partial charge in [0.25, 0.3) is 0 Å². The van der Waals surface area contributed by atoms with Crippen LogP contribution in [0.25, 0.3) is 0 Å². The molecule has 5 nitrogen and oxygen atoms in total. The van der Waals surface area contributed by atoms with Gasteiger partial charge in [0.05, 0.1) is 0 Å². The summed E-state index contributed by atoms with van der Waals surface area (Å²) in [5.74, 6) is 0.631. The normalized spacial score (nSPS) is 14.2. The van der Waals surface area contributed by atoms with Crippen molar-refractivity contribution >= 4 is 23.6 Å². The van der Waals surface area contributed by atoms with E-state index in [1.165, 1.54) is 6.92 Å². The van der Waals surface area contributed by atoms with E-state index in [0.717, 1.165) is 11.5 Å². The largest absolute Gasteiger partial charge is 0.480 e. The van der Waals surface area contributed by atoms with Gasteiger partial charge in [0.15, 0.2) is 0 Å². The minimum Gasteiger partial charge on any atom is -0.480 e. The van der Waals surface area contributed by atoms with Gasteiger partial charge in [0.2, 0.25) is 5.91 Å². The van der Waals surface area contributed by atoms with Crippen LogP contribution in [0.4, 0.5) is 0 Å². The van der Waals surface area contributed by atoms with Crippen LogP contribution in [0.3, 0.4) is 0 Å². The fraction of sp³-hybridized carbons (Fsp3) is 0.800. The van der Waals surface area contributed by atoms with Crippen molar-refractivity contribution in [2.45, 2.75) is 32.9 Å². The van der Waals surface area contributed by atoms with Gasteiger partial charge in [-0.05, 0) is 12.7 Å². The second kappa shape index (κ2) is 8.41. The van der Waals surface area contributed by atoms with Gasteiger partial charge in [-0.15, -0.1) is 0 Å². The van der Waals surface area contributed by atoms with E-state index in [1.54, 1.807) is 11.8 Å². The summed E-state index contributed by atoms with van der Waals surface area (Å²) in [5.41, 5.74) is 0. The molecule has 1 amide bonds. The molecular weight excluding hydrogens is 228 g/mol. The molecule has 0 aromatic heterocycles. The lowest BCUT2D eigenvalue weighted by Crippen LogP contribution is -2.48. The number of amides is 1. The van der Waals surface area contributed by atoms with Crippen molar-refractivity contribution in [3.05, 3.63) is 0 Å². The maximum absolute atomic E-state index is 10.8. The van der Waals surface area contributed by atoms with E-state index in [-0.39, 0.29) is 18.5 Å². The topological polar surface area (TPSA) is 78.4 Å². The van der Waals surface area contributed by atoms with Gasteiger partial charge in [-0.2, -0.15) is 11.8 Å². The molecule has 0 saturated carbocycles. The van der Waals surface area contributed by atoms with Crippen molar-refractivity contribution in [2.75, 3.05) is 18.1 Å². The zero-order valence-corrected chi connectivity index (χ0v) is 10.8. The smallest absolute Gasteiger partial charge is 0.327 e. The van der Waals surface area contributed by atoms with E-state index >= 15 is 0 Å². The monoisotopic (exact) mass is 248 g/mol. The molecule has 0 aliphatic heterocycles. The van der Waals surface area contributed by atoms with Crippen LogP contribution in [-0.4, -0.2) is 47.1 Å². The molecule has 3 N–H and O–H groups in total. The molecule has 0 aliphatic carbocycles. The van der Waals surface area contributed by atoms with Gasteiger partial charge in [-0.3, -0.25) is 4.79 Å². The maximum atomic E-state index is 10.8. The highest BCUT2D eigenvalue weighted by molar-refractivity contribution is 7.99. The summed E-state index contributed by atoms with van der Waals surface area (Å²) >= 11 is 1.79. The number of carboxylic acids is 1. The van der Waals surface area contributed by atoms with E-state index in [0.29, 0.717) is 0 Å². The van der Waals surface area contributed by atoms with Crippen LogP contribution in [0.1, 0.15) is 20.8 Å². The van der Waals surface area contributed by atoms with Crippen LogP contribution in [-0.2, 0) is 9.59 Å². The molecule has 0 saturated heterocycles. The Balaban J connectivity index is 3.92. The summed E-state index contributed by atoms with van der Waals surface area (Å²) in [6.45, 7) is 5.64. The highest BCUT2D eigenvalue weighted by Crippen LogP contribution is 2.01. The molecule has 0 radical (unpaired) electrons. The van der Waals surface area contributed by atoms with Crippen LogP contribution < -0.4 is 10.6 Å². The zero-order chi connectivity index (χ0) is 12.6. The van der Waals surface area contributed by atoms with Gasteiger partial charge in [-0.1, -0.05) is 6.92 Å². The molecule has 0 spiro atoms. The first kappa shape index (κ1) is 15.2. The molecule has 0 heterocycles. The van der Waals surface area contributed by atoms with E-state index in [9.17, 15) is 9.59 Å². The third kappa shape index (κ3) is 7.53. The Morgan fingerprint density at radius 2 is 2.06 bits per heavy atom. The predicted octanol–water partition coefficient (Wildman–Crippen LogP) is 0.307. The minimum atomic E-state index is -1.02. The molecule has 0 bridgehead atoms. The van der Waals surface area contributed by atoms with Crippen LogP contribution >= 0.6 is 11.8 Å². The molecule has 0 fully saturated rings. The zero-order valence-electron chi connectivity index (χ0n) is 9.95. The van der Waals surface area contributed by atoms with Crippen molar-refractivity contribution < 1.29 is 14.7 Å². The molecule has 0 aliphatic rings. The standard InChI is InChI=1S/C10H20N2O3S/c1-4-16-6-7(2)11-5-9(10(14)15)12-8(3)13/h7,9,11H,4-6H2,1-3H3,(H,12,13)(H,14,15). The fourth-order valence-corrected chi connectivity index (χ4v) is 1.83. The van der Waals surface area contributed by atoms with Gasteiger partial charge in [0, 0.05) is 25.3 Å². The van der Waals surface area contributed by atoms with Gasteiger partial charge in [0.1, 0.15) is 6.04 Å². The fourth-order valence-electron chi connectivity index (χ4n) is 1.12. The molecule has 6 heteroatoms. The number of carbonyl (C=O) groups excluding carboxylic acids is 1. The molecular formula is C10H20N2O3S. The Labute approximate surface area is 100 Å². The number of hydrogen-bond donors (Lipinski definition) is 3. The van der Waals surface area contributed by atoms with Crippen molar-refractivity contribution in [2.24, 2.45) is 0 Å². The van der Waals surface area contributed by atoms with E-state index in [1.807, 2.05) is 6.92 Å². The van der Waals surface area contributed by atoms with Crippen LogP contribution in [0.2, 0.25) is 0 Å². The van der Waals surface area contributed by atoms with Crippen LogP contribution in [0.5, 0.6) is 0 Å². The summed E-state index contributed by atoms with van der Waals surface area (Å²) in [6, 6.07) is -0.618. The van der Waals surface area contributed by atoms with Crippen molar-refractivity contribution in [3.8, 4) is 0 Å². The molecule has 2 atom stereocenters. The van der Waals surface area contributed by atoms with Crippen LogP contribution in [0, 0.1) is 0 Å². The number of aliphatic carboxylic acids is 1. The summed E-state index contributed by atoms with van der Waals surface area (Å²) in [4.78, 5) is 21.6. The Morgan fingerprint density at radius 3 is 2.50 bits per heavy atom. The summed E-state index contributed by atoms with van der Waals surface area (Å²) < 4.78 is 0. The Kier molecular flexibility index (Phi) is 8.01. The first-order valence-electron chi connectivity index (χ1n) is 5.28. The van der Waals surface area contributed by atoms with Crippen molar-refractivity contribution in [1.29, 1.82) is 0 Å². The average Bonchev–Trinajstić information content (AvgIpc) is 2.20. The highest BCUT2D eigenvalue weighted by atomic mass is 32.2. The van der Waals surface area contributed by atoms with Crippen molar-refractivity contribution in [3.63, 3.8) is 0 Å². The maximum Gasteiger partial charge on any atom is 0.327 e. The second-order valence-corrected chi connectivity index (χ2v) is 4.88. The van der Waals surface area contributed by atoms with Crippen LogP contribution in [0.15, 0.2) is 0 Å². The lowest BCUT2D eigenvalue weighted by Gasteiger charge is -2.18. The predicted molar refractivity (Wildman–Crippen MR) is 65.7 cm³/mol. The van der Waals surface area contributed by atoms with E-state index in [2.05, 4.69) is 17.6 Å². The van der Waals surface area contributed by atoms with Gasteiger partial charge < -0.3 is 15.7 Å². The summed E-state index contributed by atoms with van der Waals surface area (Å²) in [7, 11) is 0. The average molecular weight is 248 g/mol. The summed E-state index contributed by atoms with van der Waals surface area (Å²) in [5, 5.41) is 14.3. The van der Waals surface area contributed by atoms with Crippen molar-refractivity contribution in [1.82, 2.24) is 10.6 Å². The minimum absolute atomic E-state index is 0.237. The van der Waals surface area contributed by atoms with Gasteiger partial charge >= 0.3 is 5.97 Å². The Bertz CT molecular complexity index is 236. The third-order valence-electron chi connectivity index (χ3n) is 1.92. The number of thioether (sulfide) groups is 1. The highest BCUT2D eigenvalue weighted by Gasteiger charge is 2.18. The molecule has 94 valence electrons. The first-order chi connectivity index (χ1) is 7.47. The lowest BCUT2D eigenvalue weighted by atomic mass is 10.2. The number of carboxylic acid groups (broad SMARTS) is 1. The van der Waals surface area contributed by atoms with E-state index < -0.39 is 12.0 Å². The number of rotatable bonds is 8. The SMILES string of the molecule is CCSCC(C)NCC(NC(C)=O)C(=O)O. The molecule has 2 unspecified atom stereocenters. The van der Waals surface area contributed by atoms with Gasteiger partial charge in [-0.25, -0.2) is 4.79 Å². The molecule has 16 heavy (non-hydrogen) atoms. The molecule has 0 aromatic rings. The number of carbonyl (C=O) groups is 2. The third-order valence-corrected chi connectivity index (χ3v) is 3.06. The Hall–Kier alpha value is -0.750. The number of hydrogen-bond acceptors (Lipinski definition) is 4. The number of nitrogens with one attached hydrogen (secondary N) is 2. The molecule has 0 rings (SSSR count). The molecule has 0 aromatic carbocycles. The summed E-state index contributed by atoms with van der Waals surface area (Å²) in [6.07, 6.45) is 0. The quantitative estimate of drug-likeness (QED) is 0.576. The Morgan fingerprint density at radius 1 is 1.44 bits per heavy atom. The second-order valence-electron chi connectivity index (χ2n) is 3.56. The first-order valence-corrected chi connectivity index (χ1v) is 6.43. The van der Waals surface area contributed by atoms with E-state index in [4.69, 9.17) is 5.11 Å².